The molecule has 0 aliphatic rings. The van der Waals surface area contributed by atoms with Gasteiger partial charge < -0.3 is 5.32 Å². The number of alkyl halides is 6. The van der Waals surface area contributed by atoms with Crippen molar-refractivity contribution in [3.8, 4) is 0 Å². The molecule has 152 valence electrons. The zero-order chi connectivity index (χ0) is 21.3. The number of amides is 1. The smallest absolute Gasteiger partial charge is 0.343 e. The van der Waals surface area contributed by atoms with Crippen molar-refractivity contribution in [2.24, 2.45) is 0 Å². The lowest BCUT2D eigenvalue weighted by Gasteiger charge is -2.09. The van der Waals surface area contributed by atoms with Gasteiger partial charge in [-0.05, 0) is 18.6 Å². The zero-order valence-corrected chi connectivity index (χ0v) is 14.1. The first kappa shape index (κ1) is 21.2. The Morgan fingerprint density at radius 1 is 1.25 bits per heavy atom. The van der Waals surface area contributed by atoms with E-state index in [-0.39, 0.29) is 17.8 Å². The molecule has 13 heteroatoms. The number of aromatic nitrogens is 2. The summed E-state index contributed by atoms with van der Waals surface area (Å²) in [7, 11) is 0. The summed E-state index contributed by atoms with van der Waals surface area (Å²) in [6, 6.07) is 3.82. The molecule has 1 aromatic carbocycles. The molecule has 0 spiro atoms. The van der Waals surface area contributed by atoms with Crippen molar-refractivity contribution in [2.45, 2.75) is 25.8 Å². The third-order valence-electron chi connectivity index (χ3n) is 3.53. The largest absolute Gasteiger partial charge is 0.435 e. The van der Waals surface area contributed by atoms with E-state index in [1.165, 1.54) is 24.4 Å². The highest BCUT2D eigenvalue weighted by molar-refractivity contribution is 5.95. The van der Waals surface area contributed by atoms with Gasteiger partial charge in [-0.25, -0.2) is 0 Å². The van der Waals surface area contributed by atoms with Gasteiger partial charge in [0.05, 0.1) is 17.0 Å². The molecule has 1 N–H and O–H groups in total. The summed E-state index contributed by atoms with van der Waals surface area (Å²) in [5.74, 6) is -1.57. The van der Waals surface area contributed by atoms with E-state index in [1.807, 2.05) is 0 Å². The number of carbonyl (C=O) groups excluding carboxylic acids is 1. The fourth-order valence-corrected chi connectivity index (χ4v) is 2.36. The Balaban J connectivity index is 2.31. The van der Waals surface area contributed by atoms with Crippen LogP contribution in [0.3, 0.4) is 0 Å². The van der Waals surface area contributed by atoms with Gasteiger partial charge in [-0.3, -0.25) is 19.6 Å². The summed E-state index contributed by atoms with van der Waals surface area (Å²) in [6.07, 6.45) is -9.19. The quantitative estimate of drug-likeness (QED) is 0.465. The molecule has 28 heavy (non-hydrogen) atoms. The molecule has 1 heterocycles. The van der Waals surface area contributed by atoms with E-state index in [9.17, 15) is 41.3 Å². The van der Waals surface area contributed by atoms with Crippen molar-refractivity contribution in [3.05, 3.63) is 56.9 Å². The fraction of sp³-hybridized carbons (Fsp3) is 0.333. The van der Waals surface area contributed by atoms with Crippen molar-refractivity contribution in [2.75, 3.05) is 6.54 Å². The number of hydrogen-bond donors (Lipinski definition) is 1. The molecule has 1 aromatic heterocycles. The van der Waals surface area contributed by atoms with Crippen LogP contribution < -0.4 is 5.32 Å². The van der Waals surface area contributed by atoms with Gasteiger partial charge in [-0.15, -0.1) is 0 Å². The Morgan fingerprint density at radius 3 is 2.39 bits per heavy atom. The Hall–Kier alpha value is -3.12. The highest BCUT2D eigenvalue weighted by atomic mass is 19.4. The number of carbonyl (C=O) groups is 1. The molecule has 0 aliphatic heterocycles. The normalized spacial score (nSPS) is 12.1. The van der Waals surface area contributed by atoms with Gasteiger partial charge in [-0.1, -0.05) is 6.07 Å². The Kier molecular flexibility index (Phi) is 5.66. The zero-order valence-electron chi connectivity index (χ0n) is 14.1. The molecule has 0 unspecified atom stereocenters. The van der Waals surface area contributed by atoms with Crippen LogP contribution in [0.4, 0.5) is 32.0 Å². The number of aryl methyl sites for hydroxylation is 1. The minimum absolute atomic E-state index is 0.188. The maximum atomic E-state index is 13.1. The van der Waals surface area contributed by atoms with E-state index < -0.39 is 41.0 Å². The summed E-state index contributed by atoms with van der Waals surface area (Å²) < 4.78 is 76.5. The van der Waals surface area contributed by atoms with Crippen molar-refractivity contribution in [3.63, 3.8) is 0 Å². The van der Waals surface area contributed by atoms with Crippen LogP contribution in [0.5, 0.6) is 0 Å². The van der Waals surface area contributed by atoms with Crippen LogP contribution in [0.2, 0.25) is 0 Å². The van der Waals surface area contributed by atoms with Crippen molar-refractivity contribution in [1.82, 2.24) is 15.1 Å². The highest BCUT2D eigenvalue weighted by Gasteiger charge is 2.40. The molecule has 1 amide bonds. The molecule has 0 bridgehead atoms. The van der Waals surface area contributed by atoms with Crippen LogP contribution in [0.1, 0.15) is 27.2 Å². The van der Waals surface area contributed by atoms with Crippen LogP contribution in [-0.2, 0) is 12.7 Å². The SMILES string of the molecule is Cc1cc(Cn2cc(C(=O)NCC(F)(F)F)c(C(F)(F)F)n2)ccc1[N+](=O)[O-]. The van der Waals surface area contributed by atoms with Crippen molar-refractivity contribution >= 4 is 11.6 Å². The molecule has 0 saturated heterocycles. The number of halogens is 6. The number of nitro groups is 1. The highest BCUT2D eigenvalue weighted by Crippen LogP contribution is 2.31. The van der Waals surface area contributed by atoms with Crippen molar-refractivity contribution in [1.29, 1.82) is 0 Å². The number of nitro benzene ring substituents is 1. The summed E-state index contributed by atoms with van der Waals surface area (Å²) in [5.41, 5.74) is -2.27. The van der Waals surface area contributed by atoms with Gasteiger partial charge in [0, 0.05) is 17.8 Å². The number of nitrogens with zero attached hydrogens (tertiary/aromatic N) is 3. The molecule has 2 rings (SSSR count). The van der Waals surface area contributed by atoms with Crippen molar-refractivity contribution < 1.29 is 36.1 Å². The first-order valence-corrected chi connectivity index (χ1v) is 7.51. The molecular weight excluding hydrogens is 398 g/mol. The summed E-state index contributed by atoms with van der Waals surface area (Å²) in [6.45, 7) is -0.647. The first-order chi connectivity index (χ1) is 12.8. The second kappa shape index (κ2) is 7.48. The van der Waals surface area contributed by atoms with Crippen LogP contribution in [0.15, 0.2) is 24.4 Å². The average molecular weight is 410 g/mol. The van der Waals surface area contributed by atoms with E-state index >= 15 is 0 Å². The minimum Gasteiger partial charge on any atom is -0.343 e. The topological polar surface area (TPSA) is 90.1 Å². The maximum absolute atomic E-state index is 13.1. The van der Waals surface area contributed by atoms with E-state index in [0.29, 0.717) is 11.8 Å². The lowest BCUT2D eigenvalue weighted by molar-refractivity contribution is -0.385. The average Bonchev–Trinajstić information content (AvgIpc) is 2.96. The second-order valence-corrected chi connectivity index (χ2v) is 5.76. The van der Waals surface area contributed by atoms with Crippen LogP contribution in [0, 0.1) is 17.0 Å². The third kappa shape index (κ3) is 5.20. The first-order valence-electron chi connectivity index (χ1n) is 7.51. The standard InChI is InChI=1S/C15H12F6N4O3/c1-8-4-9(2-3-11(8)25(27)28)5-24-6-10(12(23-24)15(19,20)21)13(26)22-7-14(16,17)18/h2-4,6H,5,7H2,1H3,(H,22,26). The van der Waals surface area contributed by atoms with Crippen LogP contribution in [0.25, 0.3) is 0 Å². The van der Waals surface area contributed by atoms with Gasteiger partial charge in [0.1, 0.15) is 6.54 Å². The van der Waals surface area contributed by atoms with Gasteiger partial charge in [0.15, 0.2) is 5.69 Å². The van der Waals surface area contributed by atoms with Crippen LogP contribution >= 0.6 is 0 Å². The summed E-state index contributed by atoms with van der Waals surface area (Å²) >= 11 is 0. The van der Waals surface area contributed by atoms with Gasteiger partial charge in [-0.2, -0.15) is 31.4 Å². The molecule has 2 aromatic rings. The second-order valence-electron chi connectivity index (χ2n) is 5.76. The Bertz CT molecular complexity index is 904. The Morgan fingerprint density at radius 2 is 1.89 bits per heavy atom. The summed E-state index contributed by atoms with van der Waals surface area (Å²) in [5, 5.41) is 15.4. The van der Waals surface area contributed by atoms with E-state index in [4.69, 9.17) is 0 Å². The van der Waals surface area contributed by atoms with E-state index in [0.717, 1.165) is 10.7 Å². The van der Waals surface area contributed by atoms with E-state index in [2.05, 4.69) is 5.10 Å². The number of benzene rings is 1. The minimum atomic E-state index is -5.07. The maximum Gasteiger partial charge on any atom is 0.435 e. The third-order valence-corrected chi connectivity index (χ3v) is 3.53. The van der Waals surface area contributed by atoms with Crippen LogP contribution in [-0.4, -0.2) is 33.3 Å². The van der Waals surface area contributed by atoms with E-state index in [1.54, 1.807) is 0 Å². The molecule has 7 nitrogen and oxygen atoms in total. The number of hydrogen-bond acceptors (Lipinski definition) is 4. The number of nitrogens with one attached hydrogen (secondary N) is 1. The summed E-state index contributed by atoms with van der Waals surface area (Å²) in [4.78, 5) is 21.9. The fourth-order valence-electron chi connectivity index (χ4n) is 2.36. The predicted molar refractivity (Wildman–Crippen MR) is 82.6 cm³/mol. The molecule has 0 aliphatic carbocycles. The lowest BCUT2D eigenvalue weighted by atomic mass is 10.1. The van der Waals surface area contributed by atoms with Gasteiger partial charge >= 0.3 is 12.4 Å². The van der Waals surface area contributed by atoms with Gasteiger partial charge in [0.25, 0.3) is 11.6 Å². The lowest BCUT2D eigenvalue weighted by Crippen LogP contribution is -2.34. The molecule has 0 radical (unpaired) electrons. The molecule has 0 fully saturated rings. The molecule has 0 saturated carbocycles. The predicted octanol–water partition coefficient (Wildman–Crippen LogP) is 3.46. The molecular formula is C15H12F6N4O3. The monoisotopic (exact) mass is 410 g/mol. The number of rotatable bonds is 5. The van der Waals surface area contributed by atoms with Gasteiger partial charge in [0.2, 0.25) is 0 Å². The Labute approximate surface area is 153 Å². The molecule has 0 atom stereocenters.